The Morgan fingerprint density at radius 2 is 1.80 bits per heavy atom. The number of benzene rings is 1. The largest absolute Gasteiger partial charge is 0.349 e. The molecule has 5 nitrogen and oxygen atoms in total. The molecule has 6 heteroatoms. The van der Waals surface area contributed by atoms with E-state index >= 15 is 0 Å². The minimum absolute atomic E-state index is 0.0119. The molecule has 0 heterocycles. The van der Waals surface area contributed by atoms with E-state index < -0.39 is 10.0 Å². The van der Waals surface area contributed by atoms with Gasteiger partial charge in [0.2, 0.25) is 10.0 Å². The predicted octanol–water partition coefficient (Wildman–Crippen LogP) is 1.64. The van der Waals surface area contributed by atoms with Crippen LogP contribution >= 0.6 is 0 Å². The highest BCUT2D eigenvalue weighted by atomic mass is 32.2. The summed E-state index contributed by atoms with van der Waals surface area (Å²) in [4.78, 5) is 12.1. The lowest BCUT2D eigenvalue weighted by Crippen LogP contribution is -2.37. The van der Waals surface area contributed by atoms with Crippen molar-refractivity contribution in [2.24, 2.45) is 11.1 Å². The van der Waals surface area contributed by atoms with E-state index in [1.165, 1.54) is 37.1 Å². The van der Waals surface area contributed by atoms with Crippen LogP contribution in [0.5, 0.6) is 0 Å². The molecule has 1 aromatic carbocycles. The Hall–Kier alpha value is -1.40. The minimum atomic E-state index is -3.71. The van der Waals surface area contributed by atoms with E-state index in [-0.39, 0.29) is 16.8 Å². The second-order valence-corrected chi connectivity index (χ2v) is 6.94. The molecule has 20 heavy (non-hydrogen) atoms. The fourth-order valence-corrected chi connectivity index (χ4v) is 3.18. The summed E-state index contributed by atoms with van der Waals surface area (Å²) in [7, 11) is -3.71. The zero-order chi connectivity index (χ0) is 14.8. The summed E-state index contributed by atoms with van der Waals surface area (Å²) in [5.74, 6) is 0.369. The zero-order valence-electron chi connectivity index (χ0n) is 11.5. The summed E-state index contributed by atoms with van der Waals surface area (Å²) in [5, 5.41) is 7.99. The van der Waals surface area contributed by atoms with E-state index in [2.05, 4.69) is 5.32 Å². The maximum atomic E-state index is 12.1. The van der Waals surface area contributed by atoms with Gasteiger partial charge in [0.1, 0.15) is 0 Å². The molecule has 1 atom stereocenters. The number of sulfonamides is 1. The molecule has 0 aromatic heterocycles. The van der Waals surface area contributed by atoms with Gasteiger partial charge in [0.25, 0.3) is 5.91 Å². The molecule has 0 bridgehead atoms. The summed E-state index contributed by atoms with van der Waals surface area (Å²) >= 11 is 0. The molecule has 1 aliphatic carbocycles. The average Bonchev–Trinajstić information content (AvgIpc) is 2.91. The minimum Gasteiger partial charge on any atom is -0.349 e. The SMILES string of the molecule is CC(NC(=O)c1ccc(S(N)(=O)=O)cc1)C1CCCC1. The van der Waals surface area contributed by atoms with Crippen LogP contribution in [0.1, 0.15) is 43.0 Å². The predicted molar refractivity (Wildman–Crippen MR) is 76.7 cm³/mol. The van der Waals surface area contributed by atoms with Crippen LogP contribution in [0.4, 0.5) is 0 Å². The van der Waals surface area contributed by atoms with E-state index in [9.17, 15) is 13.2 Å². The molecule has 110 valence electrons. The Morgan fingerprint density at radius 1 is 1.25 bits per heavy atom. The molecule has 1 amide bonds. The first-order valence-electron chi connectivity index (χ1n) is 6.81. The van der Waals surface area contributed by atoms with Gasteiger partial charge in [0.05, 0.1) is 4.90 Å². The molecule has 1 aromatic rings. The maximum absolute atomic E-state index is 12.1. The molecule has 1 fully saturated rings. The van der Waals surface area contributed by atoms with Crippen molar-refractivity contribution in [2.75, 3.05) is 0 Å². The van der Waals surface area contributed by atoms with Gasteiger partial charge < -0.3 is 5.32 Å². The van der Waals surface area contributed by atoms with Gasteiger partial charge in [-0.3, -0.25) is 4.79 Å². The molecular formula is C14H20N2O3S. The van der Waals surface area contributed by atoms with Gasteiger partial charge in [-0.25, -0.2) is 13.6 Å². The lowest BCUT2D eigenvalue weighted by molar-refractivity contribution is 0.0927. The average molecular weight is 296 g/mol. The van der Waals surface area contributed by atoms with Crippen molar-refractivity contribution in [3.63, 3.8) is 0 Å². The van der Waals surface area contributed by atoms with Gasteiger partial charge in [-0.2, -0.15) is 0 Å². The van der Waals surface area contributed by atoms with Crippen LogP contribution in [0.25, 0.3) is 0 Å². The Bertz CT molecular complexity index is 575. The molecule has 0 aliphatic heterocycles. The number of carbonyl (C=O) groups is 1. The van der Waals surface area contributed by atoms with Crippen molar-refractivity contribution in [3.8, 4) is 0 Å². The van der Waals surface area contributed by atoms with E-state index in [4.69, 9.17) is 5.14 Å². The number of hydrogen-bond donors (Lipinski definition) is 2. The Balaban J connectivity index is 2.02. The molecule has 0 saturated heterocycles. The lowest BCUT2D eigenvalue weighted by atomic mass is 9.99. The van der Waals surface area contributed by atoms with E-state index in [1.807, 2.05) is 6.92 Å². The maximum Gasteiger partial charge on any atom is 0.251 e. The summed E-state index contributed by atoms with van der Waals surface area (Å²) in [5.41, 5.74) is 0.447. The summed E-state index contributed by atoms with van der Waals surface area (Å²) in [6.07, 6.45) is 4.78. The van der Waals surface area contributed by atoms with Crippen LogP contribution in [-0.4, -0.2) is 20.4 Å². The van der Waals surface area contributed by atoms with Gasteiger partial charge in [0.15, 0.2) is 0 Å². The third-order valence-electron chi connectivity index (χ3n) is 3.91. The van der Waals surface area contributed by atoms with Crippen LogP contribution in [-0.2, 0) is 10.0 Å². The Kier molecular flexibility index (Phi) is 4.45. The monoisotopic (exact) mass is 296 g/mol. The summed E-state index contributed by atoms with van der Waals surface area (Å²) < 4.78 is 22.3. The highest BCUT2D eigenvalue weighted by Gasteiger charge is 2.23. The molecule has 1 unspecified atom stereocenters. The number of primary sulfonamides is 1. The van der Waals surface area contributed by atoms with Crippen molar-refractivity contribution >= 4 is 15.9 Å². The van der Waals surface area contributed by atoms with Crippen LogP contribution in [0, 0.1) is 5.92 Å². The first-order valence-corrected chi connectivity index (χ1v) is 8.36. The molecule has 0 radical (unpaired) electrons. The first kappa shape index (κ1) is 15.0. The highest BCUT2D eigenvalue weighted by Crippen LogP contribution is 2.27. The second kappa shape index (κ2) is 5.93. The number of carbonyl (C=O) groups excluding carboxylic acids is 1. The van der Waals surface area contributed by atoms with Crippen molar-refractivity contribution < 1.29 is 13.2 Å². The summed E-state index contributed by atoms with van der Waals surface area (Å²) in [6, 6.07) is 5.81. The smallest absolute Gasteiger partial charge is 0.251 e. The fourth-order valence-electron chi connectivity index (χ4n) is 2.66. The van der Waals surface area contributed by atoms with Crippen LogP contribution in [0.15, 0.2) is 29.2 Å². The topological polar surface area (TPSA) is 89.3 Å². The van der Waals surface area contributed by atoms with Gasteiger partial charge in [-0.05, 0) is 49.9 Å². The van der Waals surface area contributed by atoms with Gasteiger partial charge in [0, 0.05) is 11.6 Å². The van der Waals surface area contributed by atoms with E-state index in [0.717, 1.165) is 12.8 Å². The molecule has 3 N–H and O–H groups in total. The van der Waals surface area contributed by atoms with E-state index in [0.29, 0.717) is 11.5 Å². The van der Waals surface area contributed by atoms with Crippen LogP contribution in [0.2, 0.25) is 0 Å². The second-order valence-electron chi connectivity index (χ2n) is 5.38. The summed E-state index contributed by atoms with van der Waals surface area (Å²) in [6.45, 7) is 2.02. The number of hydrogen-bond acceptors (Lipinski definition) is 3. The number of rotatable bonds is 4. The van der Waals surface area contributed by atoms with Crippen molar-refractivity contribution in [3.05, 3.63) is 29.8 Å². The van der Waals surface area contributed by atoms with Crippen molar-refractivity contribution in [2.45, 2.75) is 43.5 Å². The quantitative estimate of drug-likeness (QED) is 0.885. The third-order valence-corrected chi connectivity index (χ3v) is 4.84. The Morgan fingerprint density at radius 3 is 2.30 bits per heavy atom. The van der Waals surface area contributed by atoms with Crippen LogP contribution < -0.4 is 10.5 Å². The molecular weight excluding hydrogens is 276 g/mol. The van der Waals surface area contributed by atoms with Crippen molar-refractivity contribution in [1.82, 2.24) is 5.32 Å². The standard InChI is InChI=1S/C14H20N2O3S/c1-10(11-4-2-3-5-11)16-14(17)12-6-8-13(9-7-12)20(15,18)19/h6-11H,2-5H2,1H3,(H,16,17)(H2,15,18,19). The van der Waals surface area contributed by atoms with Gasteiger partial charge >= 0.3 is 0 Å². The van der Waals surface area contributed by atoms with Crippen LogP contribution in [0.3, 0.4) is 0 Å². The Labute approximate surface area is 119 Å². The van der Waals surface area contributed by atoms with E-state index in [1.54, 1.807) is 0 Å². The van der Waals surface area contributed by atoms with Crippen molar-refractivity contribution in [1.29, 1.82) is 0 Å². The first-order chi connectivity index (χ1) is 9.38. The number of amides is 1. The molecule has 0 spiro atoms. The normalized spacial score (nSPS) is 17.9. The number of nitrogens with two attached hydrogens (primary N) is 1. The lowest BCUT2D eigenvalue weighted by Gasteiger charge is -2.20. The van der Waals surface area contributed by atoms with Gasteiger partial charge in [-0.15, -0.1) is 0 Å². The third kappa shape index (κ3) is 3.58. The molecule has 1 saturated carbocycles. The molecule has 1 aliphatic rings. The highest BCUT2D eigenvalue weighted by molar-refractivity contribution is 7.89. The zero-order valence-corrected chi connectivity index (χ0v) is 12.3. The molecule has 2 rings (SSSR count). The van der Waals surface area contributed by atoms with Gasteiger partial charge in [-0.1, -0.05) is 12.8 Å². The fraction of sp³-hybridized carbons (Fsp3) is 0.500. The number of nitrogens with one attached hydrogen (secondary N) is 1.